The molecule has 1 unspecified atom stereocenters. The van der Waals surface area contributed by atoms with Crippen LogP contribution >= 0.6 is 15.9 Å². The van der Waals surface area contributed by atoms with Gasteiger partial charge in [0.15, 0.2) is 0 Å². The molecule has 2 N–H and O–H groups in total. The van der Waals surface area contributed by atoms with Crippen LogP contribution in [-0.4, -0.2) is 6.04 Å². The molecule has 0 bridgehead atoms. The summed E-state index contributed by atoms with van der Waals surface area (Å²) in [6, 6.07) is 6.57. The number of halogens is 1. The number of rotatable bonds is 2. The van der Waals surface area contributed by atoms with E-state index in [1.54, 1.807) is 0 Å². The fourth-order valence-corrected chi connectivity index (χ4v) is 1.62. The molecule has 1 aromatic rings. The van der Waals surface area contributed by atoms with Gasteiger partial charge in [-0.25, -0.2) is 0 Å². The van der Waals surface area contributed by atoms with E-state index in [1.165, 1.54) is 11.1 Å². The summed E-state index contributed by atoms with van der Waals surface area (Å²) in [5.41, 5.74) is 8.30. The largest absolute Gasteiger partial charge is 0.328 e. The maximum absolute atomic E-state index is 5.72. The van der Waals surface area contributed by atoms with Gasteiger partial charge in [-0.15, -0.1) is 0 Å². The molecule has 1 aromatic carbocycles. The summed E-state index contributed by atoms with van der Waals surface area (Å²) in [4.78, 5) is 0. The molecule has 0 aliphatic rings. The summed E-state index contributed by atoms with van der Waals surface area (Å²) in [6.45, 7) is 4.12. The third-order valence-corrected chi connectivity index (χ3v) is 2.52. The number of hydrogen-bond acceptors (Lipinski definition) is 1. The molecular formula is C10H14BrN. The van der Waals surface area contributed by atoms with Crippen LogP contribution < -0.4 is 5.73 Å². The van der Waals surface area contributed by atoms with E-state index in [-0.39, 0.29) is 6.04 Å². The molecule has 0 aliphatic heterocycles. The van der Waals surface area contributed by atoms with Crippen LogP contribution in [0.15, 0.2) is 22.7 Å². The lowest BCUT2D eigenvalue weighted by Gasteiger charge is -2.08. The van der Waals surface area contributed by atoms with E-state index < -0.39 is 0 Å². The van der Waals surface area contributed by atoms with Gasteiger partial charge in [0.25, 0.3) is 0 Å². The molecule has 12 heavy (non-hydrogen) atoms. The van der Waals surface area contributed by atoms with Crippen molar-refractivity contribution in [1.29, 1.82) is 0 Å². The van der Waals surface area contributed by atoms with Crippen LogP contribution in [0.3, 0.4) is 0 Å². The molecule has 0 spiro atoms. The standard InChI is InChI=1S/C10H14BrN/c1-7-3-4-10(11)9(5-7)6-8(2)12/h3-5,8H,6,12H2,1-2H3. The van der Waals surface area contributed by atoms with Crippen molar-refractivity contribution in [2.45, 2.75) is 26.3 Å². The van der Waals surface area contributed by atoms with E-state index in [2.05, 4.69) is 41.1 Å². The lowest BCUT2D eigenvalue weighted by atomic mass is 10.1. The summed E-state index contributed by atoms with van der Waals surface area (Å²) in [7, 11) is 0. The molecule has 2 heteroatoms. The summed E-state index contributed by atoms with van der Waals surface area (Å²) >= 11 is 3.50. The molecule has 66 valence electrons. The van der Waals surface area contributed by atoms with E-state index in [0.717, 1.165) is 10.9 Å². The Labute approximate surface area is 82.1 Å². The molecule has 0 fully saturated rings. The second kappa shape index (κ2) is 4.06. The zero-order chi connectivity index (χ0) is 9.14. The molecule has 1 nitrogen and oxygen atoms in total. The molecule has 0 aliphatic carbocycles. The highest BCUT2D eigenvalue weighted by Gasteiger charge is 2.02. The van der Waals surface area contributed by atoms with Crippen molar-refractivity contribution in [2.75, 3.05) is 0 Å². The predicted octanol–water partition coefficient (Wildman–Crippen LogP) is 2.65. The maximum Gasteiger partial charge on any atom is 0.0208 e. The van der Waals surface area contributed by atoms with Gasteiger partial charge in [0.1, 0.15) is 0 Å². The minimum atomic E-state index is 0.225. The monoisotopic (exact) mass is 227 g/mol. The highest BCUT2D eigenvalue weighted by Crippen LogP contribution is 2.19. The van der Waals surface area contributed by atoms with Gasteiger partial charge in [-0.1, -0.05) is 33.6 Å². The fourth-order valence-electron chi connectivity index (χ4n) is 1.21. The SMILES string of the molecule is Cc1ccc(Br)c(CC(C)N)c1. The molecule has 0 saturated carbocycles. The first-order chi connectivity index (χ1) is 5.59. The van der Waals surface area contributed by atoms with Crippen LogP contribution in [-0.2, 0) is 6.42 Å². The Morgan fingerprint density at radius 1 is 1.50 bits per heavy atom. The Balaban J connectivity index is 2.90. The molecule has 0 radical (unpaired) electrons. The highest BCUT2D eigenvalue weighted by molar-refractivity contribution is 9.10. The van der Waals surface area contributed by atoms with Crippen molar-refractivity contribution in [3.63, 3.8) is 0 Å². The van der Waals surface area contributed by atoms with E-state index in [9.17, 15) is 0 Å². The van der Waals surface area contributed by atoms with Gasteiger partial charge in [-0.3, -0.25) is 0 Å². The lowest BCUT2D eigenvalue weighted by Crippen LogP contribution is -2.18. The Morgan fingerprint density at radius 3 is 2.75 bits per heavy atom. The Hall–Kier alpha value is -0.340. The minimum absolute atomic E-state index is 0.225. The van der Waals surface area contributed by atoms with Crippen LogP contribution in [0, 0.1) is 6.92 Å². The summed E-state index contributed by atoms with van der Waals surface area (Å²) in [5.74, 6) is 0. The average molecular weight is 228 g/mol. The third-order valence-electron chi connectivity index (χ3n) is 1.74. The van der Waals surface area contributed by atoms with Crippen molar-refractivity contribution < 1.29 is 0 Å². The fraction of sp³-hybridized carbons (Fsp3) is 0.400. The summed E-state index contributed by atoms with van der Waals surface area (Å²) in [5, 5.41) is 0. The second-order valence-corrected chi connectivity index (χ2v) is 4.13. The molecular weight excluding hydrogens is 214 g/mol. The molecule has 0 aromatic heterocycles. The Morgan fingerprint density at radius 2 is 2.17 bits per heavy atom. The van der Waals surface area contributed by atoms with Crippen LogP contribution in [0.25, 0.3) is 0 Å². The van der Waals surface area contributed by atoms with Crippen molar-refractivity contribution in [2.24, 2.45) is 5.73 Å². The first-order valence-electron chi connectivity index (χ1n) is 4.10. The summed E-state index contributed by atoms with van der Waals surface area (Å²) < 4.78 is 1.16. The Kier molecular flexibility index (Phi) is 3.29. The van der Waals surface area contributed by atoms with Crippen LogP contribution in [0.2, 0.25) is 0 Å². The van der Waals surface area contributed by atoms with E-state index in [1.807, 2.05) is 6.92 Å². The number of aryl methyl sites for hydroxylation is 1. The van der Waals surface area contributed by atoms with Crippen molar-refractivity contribution in [3.05, 3.63) is 33.8 Å². The van der Waals surface area contributed by atoms with Crippen LogP contribution in [0.1, 0.15) is 18.1 Å². The molecule has 0 heterocycles. The highest BCUT2D eigenvalue weighted by atomic mass is 79.9. The number of benzene rings is 1. The topological polar surface area (TPSA) is 26.0 Å². The maximum atomic E-state index is 5.72. The van der Waals surface area contributed by atoms with Gasteiger partial charge in [0, 0.05) is 10.5 Å². The first kappa shape index (κ1) is 9.75. The molecule has 1 atom stereocenters. The lowest BCUT2D eigenvalue weighted by molar-refractivity contribution is 0.735. The van der Waals surface area contributed by atoms with Crippen molar-refractivity contribution in [1.82, 2.24) is 0 Å². The van der Waals surface area contributed by atoms with Gasteiger partial charge in [0.05, 0.1) is 0 Å². The molecule has 0 amide bonds. The van der Waals surface area contributed by atoms with E-state index >= 15 is 0 Å². The van der Waals surface area contributed by atoms with E-state index in [4.69, 9.17) is 5.73 Å². The molecule has 1 rings (SSSR count). The van der Waals surface area contributed by atoms with Gasteiger partial charge in [-0.05, 0) is 31.9 Å². The van der Waals surface area contributed by atoms with Crippen molar-refractivity contribution >= 4 is 15.9 Å². The molecule has 0 saturated heterocycles. The Bertz CT molecular complexity index is 269. The van der Waals surface area contributed by atoms with Crippen LogP contribution in [0.4, 0.5) is 0 Å². The average Bonchev–Trinajstić information content (AvgIpc) is 1.96. The number of nitrogens with two attached hydrogens (primary N) is 1. The second-order valence-electron chi connectivity index (χ2n) is 3.28. The minimum Gasteiger partial charge on any atom is -0.328 e. The zero-order valence-electron chi connectivity index (χ0n) is 7.47. The summed E-state index contributed by atoms with van der Waals surface area (Å²) in [6.07, 6.45) is 0.933. The first-order valence-corrected chi connectivity index (χ1v) is 4.89. The smallest absolute Gasteiger partial charge is 0.0208 e. The third kappa shape index (κ3) is 2.61. The zero-order valence-corrected chi connectivity index (χ0v) is 9.06. The van der Waals surface area contributed by atoms with Crippen molar-refractivity contribution in [3.8, 4) is 0 Å². The number of hydrogen-bond donors (Lipinski definition) is 1. The van der Waals surface area contributed by atoms with Gasteiger partial charge in [0.2, 0.25) is 0 Å². The predicted molar refractivity (Wildman–Crippen MR) is 56.2 cm³/mol. The van der Waals surface area contributed by atoms with Gasteiger partial charge >= 0.3 is 0 Å². The van der Waals surface area contributed by atoms with E-state index in [0.29, 0.717) is 0 Å². The quantitative estimate of drug-likeness (QED) is 0.827. The van der Waals surface area contributed by atoms with Crippen LogP contribution in [0.5, 0.6) is 0 Å². The normalized spacial score (nSPS) is 13.0. The van der Waals surface area contributed by atoms with Gasteiger partial charge in [-0.2, -0.15) is 0 Å². The van der Waals surface area contributed by atoms with Gasteiger partial charge < -0.3 is 5.73 Å².